The second-order valence-corrected chi connectivity index (χ2v) is 10.6. The van der Waals surface area contributed by atoms with Gasteiger partial charge in [0.2, 0.25) is 10.0 Å². The Balaban J connectivity index is 1.87. The third kappa shape index (κ3) is 3.59. The summed E-state index contributed by atoms with van der Waals surface area (Å²) >= 11 is 0. The van der Waals surface area contributed by atoms with Crippen LogP contribution in [0.25, 0.3) is 22.4 Å². The minimum Gasteiger partial charge on any atom is -0.320 e. The number of nitrogens with one attached hydrogen (secondary N) is 1. The normalized spacial score (nSPS) is 15.2. The van der Waals surface area contributed by atoms with E-state index in [4.69, 9.17) is 0 Å². The van der Waals surface area contributed by atoms with Crippen LogP contribution >= 0.6 is 0 Å². The van der Waals surface area contributed by atoms with Crippen LogP contribution in [0.5, 0.6) is 0 Å². The van der Waals surface area contributed by atoms with Gasteiger partial charge in [-0.25, -0.2) is 18.1 Å². The first-order chi connectivity index (χ1) is 14.1. The second kappa shape index (κ2) is 7.18. The average molecular weight is 424 g/mol. The third-order valence-corrected chi connectivity index (χ3v) is 7.00. The summed E-state index contributed by atoms with van der Waals surface area (Å²) in [7, 11) is -3.68. The molecule has 0 aromatic carbocycles. The van der Waals surface area contributed by atoms with E-state index in [0.717, 1.165) is 35.9 Å². The average Bonchev–Trinajstić information content (AvgIpc) is 2.91. The van der Waals surface area contributed by atoms with E-state index in [9.17, 15) is 13.7 Å². The predicted octanol–water partition coefficient (Wildman–Crippen LogP) is 4.08. The number of fused-ring (bicyclic) bond motifs is 1. The van der Waals surface area contributed by atoms with Crippen LogP contribution in [0.15, 0.2) is 35.5 Å². The fourth-order valence-corrected chi connectivity index (χ4v) is 5.16. The molecule has 3 aromatic heterocycles. The largest absolute Gasteiger partial charge is 0.320 e. The highest BCUT2D eigenvalue weighted by Gasteiger charge is 2.29. The van der Waals surface area contributed by atoms with Gasteiger partial charge in [0.15, 0.2) is 0 Å². The predicted molar refractivity (Wildman–Crippen MR) is 115 cm³/mol. The van der Waals surface area contributed by atoms with E-state index in [1.54, 1.807) is 32.9 Å². The van der Waals surface area contributed by atoms with Gasteiger partial charge in [-0.3, -0.25) is 4.98 Å². The number of hydrogen-bond acceptors (Lipinski definition) is 5. The lowest BCUT2D eigenvalue weighted by Gasteiger charge is -2.29. The maximum atomic E-state index is 12.6. The lowest BCUT2D eigenvalue weighted by molar-refractivity contribution is 0.322. The molecule has 0 saturated heterocycles. The Hall–Kier alpha value is -2.76. The van der Waals surface area contributed by atoms with Crippen molar-refractivity contribution < 1.29 is 8.42 Å². The minimum absolute atomic E-state index is 0.0972. The van der Waals surface area contributed by atoms with Gasteiger partial charge in [0.05, 0.1) is 17.0 Å². The summed E-state index contributed by atoms with van der Waals surface area (Å²) < 4.78 is 30.0. The molecule has 8 heteroatoms. The standard InChI is InChI=1S/C22H25N5O2S/c1-14-10-17-18(11-23)20(27(15-6-5-7-15)21(17)25-12-14)19-9-8-16(13-24-19)30(28,29)26-22(2,3)4/h8-10,12-13,15,26H,5-7H2,1-4H3. The van der Waals surface area contributed by atoms with Crippen LogP contribution in [-0.4, -0.2) is 28.5 Å². The van der Waals surface area contributed by atoms with E-state index in [1.165, 1.54) is 6.20 Å². The fraction of sp³-hybridized carbons (Fsp3) is 0.409. The van der Waals surface area contributed by atoms with E-state index < -0.39 is 15.6 Å². The molecule has 0 atom stereocenters. The topological polar surface area (TPSA) is 101 Å². The molecule has 0 amide bonds. The van der Waals surface area contributed by atoms with Crippen molar-refractivity contribution in [3.63, 3.8) is 0 Å². The zero-order valence-electron chi connectivity index (χ0n) is 17.6. The summed E-state index contributed by atoms with van der Waals surface area (Å²) in [6, 6.07) is 7.80. The van der Waals surface area contributed by atoms with E-state index in [-0.39, 0.29) is 10.9 Å². The van der Waals surface area contributed by atoms with Gasteiger partial charge in [0.25, 0.3) is 0 Å². The van der Waals surface area contributed by atoms with Gasteiger partial charge < -0.3 is 4.57 Å². The molecule has 3 heterocycles. The van der Waals surface area contributed by atoms with Gasteiger partial charge in [-0.2, -0.15) is 5.26 Å². The third-order valence-electron chi connectivity index (χ3n) is 5.26. The van der Waals surface area contributed by atoms with Gasteiger partial charge in [-0.1, -0.05) is 0 Å². The van der Waals surface area contributed by atoms with E-state index in [1.807, 2.05) is 19.2 Å². The van der Waals surface area contributed by atoms with Crippen LogP contribution in [0.2, 0.25) is 0 Å². The summed E-state index contributed by atoms with van der Waals surface area (Å²) in [6.07, 6.45) is 6.36. The first kappa shape index (κ1) is 20.5. The first-order valence-electron chi connectivity index (χ1n) is 10.0. The monoisotopic (exact) mass is 423 g/mol. The molecule has 0 unspecified atom stereocenters. The van der Waals surface area contributed by atoms with Gasteiger partial charge in [0.1, 0.15) is 16.6 Å². The molecule has 0 aliphatic heterocycles. The van der Waals surface area contributed by atoms with Gasteiger partial charge in [0, 0.05) is 29.4 Å². The summed E-state index contributed by atoms with van der Waals surface area (Å²) in [5, 5.41) is 10.8. The minimum atomic E-state index is -3.68. The van der Waals surface area contributed by atoms with Crippen molar-refractivity contribution in [3.05, 3.63) is 41.7 Å². The molecule has 3 aromatic rings. The van der Waals surface area contributed by atoms with Crippen molar-refractivity contribution in [1.82, 2.24) is 19.3 Å². The number of rotatable bonds is 4. The number of nitriles is 1. The molecule has 156 valence electrons. The van der Waals surface area contributed by atoms with E-state index in [2.05, 4.69) is 25.3 Å². The molecular weight excluding hydrogens is 398 g/mol. The SMILES string of the molecule is Cc1cnc2c(c1)c(C#N)c(-c1ccc(S(=O)(=O)NC(C)(C)C)cn1)n2C1CCC1. The maximum Gasteiger partial charge on any atom is 0.242 e. The highest BCUT2D eigenvalue weighted by Crippen LogP contribution is 2.41. The summed E-state index contributed by atoms with van der Waals surface area (Å²) in [5.41, 5.74) is 2.99. The Kier molecular flexibility index (Phi) is 4.91. The number of sulfonamides is 1. The molecular formula is C22H25N5O2S. The highest BCUT2D eigenvalue weighted by molar-refractivity contribution is 7.89. The summed E-state index contributed by atoms with van der Waals surface area (Å²) in [5.74, 6) is 0. The lowest BCUT2D eigenvalue weighted by atomic mass is 9.92. The fourth-order valence-electron chi connectivity index (χ4n) is 3.80. The Morgan fingerprint density at radius 2 is 1.93 bits per heavy atom. The maximum absolute atomic E-state index is 12.6. The molecule has 30 heavy (non-hydrogen) atoms. The van der Waals surface area contributed by atoms with Crippen molar-refractivity contribution in [2.24, 2.45) is 0 Å². The Morgan fingerprint density at radius 1 is 1.20 bits per heavy atom. The van der Waals surface area contributed by atoms with Crippen molar-refractivity contribution in [2.45, 2.75) is 63.4 Å². The zero-order valence-corrected chi connectivity index (χ0v) is 18.4. The second-order valence-electron chi connectivity index (χ2n) is 8.91. The molecule has 7 nitrogen and oxygen atoms in total. The molecule has 1 saturated carbocycles. The van der Waals surface area contributed by atoms with Crippen LogP contribution in [0.3, 0.4) is 0 Å². The van der Waals surface area contributed by atoms with Crippen molar-refractivity contribution in [3.8, 4) is 17.5 Å². The summed E-state index contributed by atoms with van der Waals surface area (Å²) in [6.45, 7) is 7.32. The van der Waals surface area contributed by atoms with Crippen molar-refractivity contribution in [1.29, 1.82) is 5.26 Å². The Bertz CT molecular complexity index is 1260. The van der Waals surface area contributed by atoms with Crippen LogP contribution in [0.1, 0.15) is 57.2 Å². The van der Waals surface area contributed by atoms with Gasteiger partial charge in [-0.05, 0) is 70.7 Å². The number of hydrogen-bond donors (Lipinski definition) is 1. The Labute approximate surface area is 176 Å². The van der Waals surface area contributed by atoms with Gasteiger partial charge >= 0.3 is 0 Å². The number of nitrogens with zero attached hydrogens (tertiary/aromatic N) is 4. The molecule has 1 N–H and O–H groups in total. The zero-order chi connectivity index (χ0) is 21.7. The molecule has 0 bridgehead atoms. The van der Waals surface area contributed by atoms with Crippen LogP contribution in [0, 0.1) is 18.3 Å². The highest BCUT2D eigenvalue weighted by atomic mass is 32.2. The molecule has 1 aliphatic rings. The summed E-state index contributed by atoms with van der Waals surface area (Å²) in [4.78, 5) is 9.16. The Morgan fingerprint density at radius 3 is 2.47 bits per heavy atom. The van der Waals surface area contributed by atoms with E-state index >= 15 is 0 Å². The van der Waals surface area contributed by atoms with Crippen molar-refractivity contribution >= 4 is 21.1 Å². The smallest absolute Gasteiger partial charge is 0.242 e. The molecule has 0 radical (unpaired) electrons. The first-order valence-corrected chi connectivity index (χ1v) is 11.5. The lowest BCUT2D eigenvalue weighted by Crippen LogP contribution is -2.40. The van der Waals surface area contributed by atoms with Crippen LogP contribution in [-0.2, 0) is 10.0 Å². The van der Waals surface area contributed by atoms with Crippen LogP contribution < -0.4 is 4.72 Å². The van der Waals surface area contributed by atoms with Crippen molar-refractivity contribution in [2.75, 3.05) is 0 Å². The van der Waals surface area contributed by atoms with Gasteiger partial charge in [-0.15, -0.1) is 0 Å². The van der Waals surface area contributed by atoms with Crippen LogP contribution in [0.4, 0.5) is 0 Å². The molecule has 1 fully saturated rings. The number of aromatic nitrogens is 3. The molecule has 0 spiro atoms. The molecule has 1 aliphatic carbocycles. The quantitative estimate of drug-likeness (QED) is 0.681. The number of pyridine rings is 2. The molecule has 4 rings (SSSR count). The number of aryl methyl sites for hydroxylation is 1. The van der Waals surface area contributed by atoms with E-state index in [0.29, 0.717) is 17.0 Å².